The van der Waals surface area contributed by atoms with E-state index in [-0.39, 0.29) is 12.0 Å². The molecule has 0 radical (unpaired) electrons. The number of pyridine rings is 1. The van der Waals surface area contributed by atoms with Crippen molar-refractivity contribution in [2.75, 3.05) is 26.2 Å². The summed E-state index contributed by atoms with van der Waals surface area (Å²) in [6, 6.07) is 3.31. The van der Waals surface area contributed by atoms with Crippen molar-refractivity contribution in [1.82, 2.24) is 15.2 Å². The number of rotatable bonds is 4. The normalized spacial score (nSPS) is 20.2. The lowest BCUT2D eigenvalue weighted by Crippen LogP contribution is -2.54. The molecule has 1 aromatic rings. The van der Waals surface area contributed by atoms with Gasteiger partial charge < -0.3 is 10.1 Å². The van der Waals surface area contributed by atoms with E-state index >= 15 is 0 Å². The van der Waals surface area contributed by atoms with Crippen LogP contribution in [-0.4, -0.2) is 48.1 Å². The van der Waals surface area contributed by atoms with Crippen LogP contribution in [0.2, 0.25) is 5.02 Å². The van der Waals surface area contributed by atoms with E-state index in [0.717, 1.165) is 18.8 Å². The van der Waals surface area contributed by atoms with Crippen molar-refractivity contribution >= 4 is 17.6 Å². The summed E-state index contributed by atoms with van der Waals surface area (Å²) in [5.74, 6) is -0.184. The van der Waals surface area contributed by atoms with Crippen molar-refractivity contribution in [1.29, 1.82) is 0 Å². The van der Waals surface area contributed by atoms with Gasteiger partial charge in [0.1, 0.15) is 6.04 Å². The van der Waals surface area contributed by atoms with Gasteiger partial charge in [0, 0.05) is 37.4 Å². The minimum atomic E-state index is -0.255. The van der Waals surface area contributed by atoms with Crippen LogP contribution in [-0.2, 0) is 16.1 Å². The zero-order chi connectivity index (χ0) is 13.7. The third-order valence-electron chi connectivity index (χ3n) is 3.06. The van der Waals surface area contributed by atoms with E-state index in [0.29, 0.717) is 24.7 Å². The Morgan fingerprint density at radius 2 is 2.53 bits per heavy atom. The molecule has 1 fully saturated rings. The molecule has 5 nitrogen and oxygen atoms in total. The van der Waals surface area contributed by atoms with E-state index in [9.17, 15) is 4.79 Å². The van der Waals surface area contributed by atoms with Gasteiger partial charge in [0.2, 0.25) is 0 Å². The first-order valence-corrected chi connectivity index (χ1v) is 6.80. The number of hydrogen-bond donors (Lipinski definition) is 1. The molecule has 1 atom stereocenters. The van der Waals surface area contributed by atoms with Crippen LogP contribution in [0.5, 0.6) is 0 Å². The summed E-state index contributed by atoms with van der Waals surface area (Å²) in [5, 5.41) is 3.87. The largest absolute Gasteiger partial charge is 0.465 e. The first-order chi connectivity index (χ1) is 9.20. The summed E-state index contributed by atoms with van der Waals surface area (Å²) < 4.78 is 5.11. The summed E-state index contributed by atoms with van der Waals surface area (Å²) >= 11 is 5.95. The Bertz CT molecular complexity index is 442. The van der Waals surface area contributed by atoms with Gasteiger partial charge in [-0.3, -0.25) is 14.7 Å². The molecule has 104 valence electrons. The van der Waals surface area contributed by atoms with Crippen LogP contribution in [0.4, 0.5) is 0 Å². The molecule has 0 saturated carbocycles. The third kappa shape index (κ3) is 3.89. The summed E-state index contributed by atoms with van der Waals surface area (Å²) in [4.78, 5) is 18.3. The number of carbonyl (C=O) groups excluding carboxylic acids is 1. The Kier molecular flexibility index (Phi) is 5.13. The van der Waals surface area contributed by atoms with Crippen LogP contribution < -0.4 is 5.32 Å². The highest BCUT2D eigenvalue weighted by atomic mass is 35.5. The predicted molar refractivity (Wildman–Crippen MR) is 72.9 cm³/mol. The molecule has 1 saturated heterocycles. The van der Waals surface area contributed by atoms with Gasteiger partial charge in [0.15, 0.2) is 0 Å². The van der Waals surface area contributed by atoms with Crippen LogP contribution in [0.15, 0.2) is 18.3 Å². The average Bonchev–Trinajstić information content (AvgIpc) is 2.39. The van der Waals surface area contributed by atoms with Crippen LogP contribution in [0.3, 0.4) is 0 Å². The van der Waals surface area contributed by atoms with E-state index in [2.05, 4.69) is 15.2 Å². The summed E-state index contributed by atoms with van der Waals surface area (Å²) in [6.45, 7) is 5.08. The minimum absolute atomic E-state index is 0.184. The van der Waals surface area contributed by atoms with Crippen molar-refractivity contribution in [2.24, 2.45) is 0 Å². The van der Waals surface area contributed by atoms with Gasteiger partial charge >= 0.3 is 5.97 Å². The number of aromatic nitrogens is 1. The summed E-state index contributed by atoms with van der Waals surface area (Å²) in [7, 11) is 0. The molecule has 19 heavy (non-hydrogen) atoms. The van der Waals surface area contributed by atoms with Gasteiger partial charge in [-0.1, -0.05) is 11.6 Å². The van der Waals surface area contributed by atoms with E-state index in [1.54, 1.807) is 12.3 Å². The van der Waals surface area contributed by atoms with Crippen molar-refractivity contribution in [2.45, 2.75) is 19.5 Å². The molecule has 1 unspecified atom stereocenters. The number of halogens is 1. The highest BCUT2D eigenvalue weighted by Gasteiger charge is 2.29. The van der Waals surface area contributed by atoms with Gasteiger partial charge in [-0.15, -0.1) is 0 Å². The second-order valence-electron chi connectivity index (χ2n) is 4.41. The Morgan fingerprint density at radius 1 is 1.68 bits per heavy atom. The molecule has 2 rings (SSSR count). The molecule has 0 amide bonds. The van der Waals surface area contributed by atoms with Crippen LogP contribution in [0, 0.1) is 0 Å². The number of carbonyl (C=O) groups is 1. The SMILES string of the molecule is CCOC(=O)C1CNCCN1Cc1cc(Cl)ccn1. The fourth-order valence-corrected chi connectivity index (χ4v) is 2.33. The highest BCUT2D eigenvalue weighted by molar-refractivity contribution is 6.30. The summed E-state index contributed by atoms with van der Waals surface area (Å²) in [5.41, 5.74) is 0.865. The highest BCUT2D eigenvalue weighted by Crippen LogP contribution is 2.13. The van der Waals surface area contributed by atoms with Crippen molar-refractivity contribution in [3.8, 4) is 0 Å². The molecule has 0 aromatic carbocycles. The molecular weight excluding hydrogens is 266 g/mol. The predicted octanol–water partition coefficient (Wildman–Crippen LogP) is 1.07. The number of nitrogens with one attached hydrogen (secondary N) is 1. The Morgan fingerprint density at radius 3 is 3.26 bits per heavy atom. The number of esters is 1. The van der Waals surface area contributed by atoms with E-state index in [1.807, 2.05) is 13.0 Å². The Labute approximate surface area is 117 Å². The Hall–Kier alpha value is -1.17. The van der Waals surface area contributed by atoms with Crippen LogP contribution in [0.1, 0.15) is 12.6 Å². The molecular formula is C13H18ClN3O2. The topological polar surface area (TPSA) is 54.5 Å². The van der Waals surface area contributed by atoms with Crippen molar-refractivity contribution < 1.29 is 9.53 Å². The lowest BCUT2D eigenvalue weighted by Gasteiger charge is -2.34. The van der Waals surface area contributed by atoms with Gasteiger partial charge in [-0.25, -0.2) is 0 Å². The van der Waals surface area contributed by atoms with E-state index in [4.69, 9.17) is 16.3 Å². The van der Waals surface area contributed by atoms with Crippen LogP contribution >= 0.6 is 11.6 Å². The number of nitrogens with zero attached hydrogens (tertiary/aromatic N) is 2. The zero-order valence-electron chi connectivity index (χ0n) is 10.9. The maximum atomic E-state index is 11.9. The second-order valence-corrected chi connectivity index (χ2v) is 4.84. The van der Waals surface area contributed by atoms with Gasteiger partial charge in [-0.2, -0.15) is 0 Å². The zero-order valence-corrected chi connectivity index (χ0v) is 11.7. The minimum Gasteiger partial charge on any atom is -0.465 e. The average molecular weight is 284 g/mol. The molecule has 6 heteroatoms. The second kappa shape index (κ2) is 6.84. The van der Waals surface area contributed by atoms with Gasteiger partial charge in [0.25, 0.3) is 0 Å². The number of ether oxygens (including phenoxy) is 1. The maximum absolute atomic E-state index is 11.9. The summed E-state index contributed by atoms with van der Waals surface area (Å²) in [6.07, 6.45) is 1.68. The molecule has 1 aliphatic heterocycles. The molecule has 2 heterocycles. The smallest absolute Gasteiger partial charge is 0.324 e. The number of hydrogen-bond acceptors (Lipinski definition) is 5. The quantitative estimate of drug-likeness (QED) is 0.838. The lowest BCUT2D eigenvalue weighted by molar-refractivity contribution is -0.150. The maximum Gasteiger partial charge on any atom is 0.324 e. The fourth-order valence-electron chi connectivity index (χ4n) is 2.15. The van der Waals surface area contributed by atoms with Crippen molar-refractivity contribution in [3.63, 3.8) is 0 Å². The molecule has 0 bridgehead atoms. The molecule has 1 aliphatic rings. The number of piperazine rings is 1. The van der Waals surface area contributed by atoms with E-state index in [1.165, 1.54) is 0 Å². The standard InChI is InChI=1S/C13H18ClN3O2/c1-2-19-13(18)12-8-15-5-6-17(12)9-11-7-10(14)3-4-16-11/h3-4,7,12,15H,2,5-6,8-9H2,1H3. The molecule has 0 spiro atoms. The van der Waals surface area contributed by atoms with Gasteiger partial charge in [-0.05, 0) is 19.1 Å². The first-order valence-electron chi connectivity index (χ1n) is 6.42. The molecule has 1 aromatic heterocycles. The molecule has 0 aliphatic carbocycles. The molecule has 1 N–H and O–H groups in total. The fraction of sp³-hybridized carbons (Fsp3) is 0.538. The first kappa shape index (κ1) is 14.2. The Balaban J connectivity index is 2.05. The van der Waals surface area contributed by atoms with Gasteiger partial charge in [0.05, 0.1) is 12.3 Å². The van der Waals surface area contributed by atoms with E-state index < -0.39 is 0 Å². The third-order valence-corrected chi connectivity index (χ3v) is 3.29. The monoisotopic (exact) mass is 283 g/mol. The van der Waals surface area contributed by atoms with Crippen LogP contribution in [0.25, 0.3) is 0 Å². The van der Waals surface area contributed by atoms with Crippen molar-refractivity contribution in [3.05, 3.63) is 29.0 Å². The lowest BCUT2D eigenvalue weighted by atomic mass is 10.2.